The third kappa shape index (κ3) is 5.50. The van der Waals surface area contributed by atoms with Crippen LogP contribution in [-0.4, -0.2) is 23.1 Å². The van der Waals surface area contributed by atoms with Gasteiger partial charge in [-0.1, -0.05) is 5.16 Å². The minimum absolute atomic E-state index is 0.00755. The van der Waals surface area contributed by atoms with Crippen molar-refractivity contribution in [3.05, 3.63) is 18.0 Å². The average Bonchev–Trinajstić information content (AvgIpc) is 2.65. The van der Waals surface area contributed by atoms with E-state index in [1.165, 1.54) is 0 Å². The van der Waals surface area contributed by atoms with Crippen LogP contribution in [0.4, 0.5) is 0 Å². The third-order valence-electron chi connectivity index (χ3n) is 1.96. The molecule has 0 radical (unpaired) electrons. The SMILES string of the molecule is CC(C)(C)NCCC(=O)NCc1ccno1. The Kier molecular flexibility index (Phi) is 4.49. The molecule has 0 bridgehead atoms. The second kappa shape index (κ2) is 5.65. The third-order valence-corrected chi connectivity index (χ3v) is 1.96. The van der Waals surface area contributed by atoms with Gasteiger partial charge >= 0.3 is 0 Å². The Hall–Kier alpha value is -1.36. The number of aromatic nitrogens is 1. The summed E-state index contributed by atoms with van der Waals surface area (Å²) in [6.45, 7) is 7.28. The maximum absolute atomic E-state index is 11.4. The van der Waals surface area contributed by atoms with Gasteiger partial charge in [0.1, 0.15) is 0 Å². The van der Waals surface area contributed by atoms with E-state index in [1.807, 2.05) is 0 Å². The van der Waals surface area contributed by atoms with E-state index in [-0.39, 0.29) is 11.4 Å². The Morgan fingerprint density at radius 1 is 1.50 bits per heavy atom. The number of carbonyl (C=O) groups is 1. The average molecular weight is 225 g/mol. The molecule has 90 valence electrons. The van der Waals surface area contributed by atoms with E-state index in [0.29, 0.717) is 25.3 Å². The van der Waals surface area contributed by atoms with Crippen LogP contribution in [0, 0.1) is 0 Å². The van der Waals surface area contributed by atoms with E-state index >= 15 is 0 Å². The molecule has 0 aliphatic carbocycles. The number of hydrogen-bond donors (Lipinski definition) is 2. The van der Waals surface area contributed by atoms with Crippen molar-refractivity contribution in [2.24, 2.45) is 0 Å². The lowest BCUT2D eigenvalue weighted by Crippen LogP contribution is -2.38. The first-order valence-electron chi connectivity index (χ1n) is 5.39. The van der Waals surface area contributed by atoms with Gasteiger partial charge < -0.3 is 15.2 Å². The molecule has 0 unspecified atom stereocenters. The molecular formula is C11H19N3O2. The zero-order valence-electron chi connectivity index (χ0n) is 10.0. The van der Waals surface area contributed by atoms with E-state index < -0.39 is 0 Å². The molecule has 0 fully saturated rings. The van der Waals surface area contributed by atoms with Gasteiger partial charge in [-0.25, -0.2) is 0 Å². The van der Waals surface area contributed by atoms with Crippen molar-refractivity contribution in [1.29, 1.82) is 0 Å². The quantitative estimate of drug-likeness (QED) is 0.786. The van der Waals surface area contributed by atoms with Crippen LogP contribution in [0.2, 0.25) is 0 Å². The highest BCUT2D eigenvalue weighted by atomic mass is 16.5. The standard InChI is InChI=1S/C11H19N3O2/c1-11(2,3)13-6-5-10(15)12-8-9-4-7-14-16-9/h4,7,13H,5-6,8H2,1-3H3,(H,12,15). The van der Waals surface area contributed by atoms with Crippen LogP contribution in [0.25, 0.3) is 0 Å². The van der Waals surface area contributed by atoms with Gasteiger partial charge in [-0.15, -0.1) is 0 Å². The van der Waals surface area contributed by atoms with Gasteiger partial charge in [-0.2, -0.15) is 0 Å². The van der Waals surface area contributed by atoms with Crippen LogP contribution in [0.1, 0.15) is 33.0 Å². The molecule has 5 nitrogen and oxygen atoms in total. The molecule has 0 spiro atoms. The molecule has 2 N–H and O–H groups in total. The van der Waals surface area contributed by atoms with Crippen molar-refractivity contribution in [1.82, 2.24) is 15.8 Å². The maximum atomic E-state index is 11.4. The number of carbonyl (C=O) groups excluding carboxylic acids is 1. The molecule has 5 heteroatoms. The summed E-state index contributed by atoms with van der Waals surface area (Å²) in [4.78, 5) is 11.4. The van der Waals surface area contributed by atoms with Crippen LogP contribution in [-0.2, 0) is 11.3 Å². The smallest absolute Gasteiger partial charge is 0.221 e. The van der Waals surface area contributed by atoms with E-state index in [1.54, 1.807) is 12.3 Å². The van der Waals surface area contributed by atoms with Crippen LogP contribution in [0.15, 0.2) is 16.8 Å². The van der Waals surface area contributed by atoms with Crippen molar-refractivity contribution >= 4 is 5.91 Å². The van der Waals surface area contributed by atoms with Gasteiger partial charge in [0.25, 0.3) is 0 Å². The maximum Gasteiger partial charge on any atom is 0.221 e. The van der Waals surface area contributed by atoms with Crippen LogP contribution in [0.3, 0.4) is 0 Å². The Bertz CT molecular complexity index is 314. The molecule has 1 heterocycles. The summed E-state index contributed by atoms with van der Waals surface area (Å²) >= 11 is 0. The van der Waals surface area contributed by atoms with Crippen LogP contribution >= 0.6 is 0 Å². The van der Waals surface area contributed by atoms with E-state index in [9.17, 15) is 4.79 Å². The topological polar surface area (TPSA) is 67.2 Å². The minimum Gasteiger partial charge on any atom is -0.360 e. The molecular weight excluding hydrogens is 206 g/mol. The fourth-order valence-electron chi connectivity index (χ4n) is 1.16. The fraction of sp³-hybridized carbons (Fsp3) is 0.636. The summed E-state index contributed by atoms with van der Waals surface area (Å²) in [6, 6.07) is 1.73. The lowest BCUT2D eigenvalue weighted by atomic mass is 10.1. The zero-order valence-corrected chi connectivity index (χ0v) is 10.0. The summed E-state index contributed by atoms with van der Waals surface area (Å²) in [6.07, 6.45) is 2.02. The Morgan fingerprint density at radius 2 is 2.25 bits per heavy atom. The van der Waals surface area contributed by atoms with Gasteiger partial charge in [-0.05, 0) is 20.8 Å². The highest BCUT2D eigenvalue weighted by Crippen LogP contribution is 1.98. The highest BCUT2D eigenvalue weighted by Gasteiger charge is 2.09. The minimum atomic E-state index is 0.00755. The molecule has 1 aromatic rings. The molecule has 0 atom stereocenters. The van der Waals surface area contributed by atoms with E-state index in [0.717, 1.165) is 0 Å². The Labute approximate surface area is 95.6 Å². The van der Waals surface area contributed by atoms with Crippen molar-refractivity contribution < 1.29 is 9.32 Å². The van der Waals surface area contributed by atoms with Gasteiger partial charge in [0.05, 0.1) is 12.7 Å². The molecule has 1 amide bonds. The van der Waals surface area contributed by atoms with E-state index in [4.69, 9.17) is 4.52 Å². The summed E-state index contributed by atoms with van der Waals surface area (Å²) in [7, 11) is 0. The molecule has 0 saturated heterocycles. The lowest BCUT2D eigenvalue weighted by molar-refractivity contribution is -0.121. The first kappa shape index (κ1) is 12.7. The number of hydrogen-bond acceptors (Lipinski definition) is 4. The summed E-state index contributed by atoms with van der Waals surface area (Å²) in [5, 5.41) is 9.56. The van der Waals surface area contributed by atoms with Crippen molar-refractivity contribution in [2.45, 2.75) is 39.3 Å². The second-order valence-corrected chi connectivity index (χ2v) is 4.68. The zero-order chi connectivity index (χ0) is 12.0. The van der Waals surface area contributed by atoms with Crippen LogP contribution < -0.4 is 10.6 Å². The predicted molar refractivity (Wildman–Crippen MR) is 60.7 cm³/mol. The molecule has 0 saturated carbocycles. The fourth-order valence-corrected chi connectivity index (χ4v) is 1.16. The predicted octanol–water partition coefficient (Wildman–Crippen LogP) is 1.07. The number of amides is 1. The van der Waals surface area contributed by atoms with Crippen molar-refractivity contribution in [3.8, 4) is 0 Å². The number of nitrogens with zero attached hydrogens (tertiary/aromatic N) is 1. The first-order chi connectivity index (χ1) is 7.47. The summed E-state index contributed by atoms with van der Waals surface area (Å²) < 4.78 is 4.86. The molecule has 1 aromatic heterocycles. The largest absolute Gasteiger partial charge is 0.360 e. The first-order valence-corrected chi connectivity index (χ1v) is 5.39. The summed E-state index contributed by atoms with van der Waals surface area (Å²) in [5.74, 6) is 0.672. The Morgan fingerprint density at radius 3 is 2.81 bits per heavy atom. The monoisotopic (exact) mass is 225 g/mol. The van der Waals surface area contributed by atoms with Gasteiger partial charge in [0.2, 0.25) is 5.91 Å². The Balaban J connectivity index is 2.12. The molecule has 0 aromatic carbocycles. The molecule has 16 heavy (non-hydrogen) atoms. The lowest BCUT2D eigenvalue weighted by Gasteiger charge is -2.20. The highest BCUT2D eigenvalue weighted by molar-refractivity contribution is 5.75. The number of rotatable bonds is 5. The van der Waals surface area contributed by atoms with Gasteiger partial charge in [-0.3, -0.25) is 4.79 Å². The number of nitrogens with one attached hydrogen (secondary N) is 2. The van der Waals surface area contributed by atoms with Gasteiger partial charge in [0, 0.05) is 24.6 Å². The molecule has 1 rings (SSSR count). The van der Waals surface area contributed by atoms with E-state index in [2.05, 4.69) is 36.6 Å². The second-order valence-electron chi connectivity index (χ2n) is 4.68. The summed E-state index contributed by atoms with van der Waals surface area (Å²) in [5.41, 5.74) is 0.0468. The van der Waals surface area contributed by atoms with Crippen molar-refractivity contribution in [2.75, 3.05) is 6.54 Å². The van der Waals surface area contributed by atoms with Crippen LogP contribution in [0.5, 0.6) is 0 Å². The molecule has 0 aliphatic rings. The normalized spacial score (nSPS) is 11.4. The molecule has 0 aliphatic heterocycles. The van der Waals surface area contributed by atoms with Crippen molar-refractivity contribution in [3.63, 3.8) is 0 Å². The van der Waals surface area contributed by atoms with Gasteiger partial charge in [0.15, 0.2) is 5.76 Å².